The summed E-state index contributed by atoms with van der Waals surface area (Å²) in [5, 5.41) is 4.56. The number of fused-ring (bicyclic) bond motifs is 1. The van der Waals surface area contributed by atoms with Crippen LogP contribution in [-0.2, 0) is 21.4 Å². The number of hydrogen-bond donors (Lipinski definition) is 0. The topological polar surface area (TPSA) is 56.5 Å². The Bertz CT molecular complexity index is 978. The molecule has 0 saturated carbocycles. The number of nitrogens with zero attached hydrogens (tertiary/aromatic N) is 3. The highest BCUT2D eigenvalue weighted by molar-refractivity contribution is 5.83. The van der Waals surface area contributed by atoms with E-state index in [-0.39, 0.29) is 5.97 Å². The summed E-state index contributed by atoms with van der Waals surface area (Å²) in [7, 11) is 0. The zero-order valence-corrected chi connectivity index (χ0v) is 17.5. The molecule has 0 aliphatic carbocycles. The zero-order chi connectivity index (χ0) is 20.7. The number of benzene rings is 1. The van der Waals surface area contributed by atoms with Crippen molar-refractivity contribution in [1.82, 2.24) is 14.6 Å². The van der Waals surface area contributed by atoms with Gasteiger partial charge in [-0.25, -0.2) is 9.50 Å². The Morgan fingerprint density at radius 1 is 1.21 bits per heavy atom. The number of allylic oxidation sites excluding steroid dienone is 1. The maximum Gasteiger partial charge on any atom is 0.318 e. The predicted molar refractivity (Wildman–Crippen MR) is 116 cm³/mol. The summed E-state index contributed by atoms with van der Waals surface area (Å²) in [5.41, 5.74) is 2.67. The summed E-state index contributed by atoms with van der Waals surface area (Å²) < 4.78 is 7.24. The van der Waals surface area contributed by atoms with E-state index >= 15 is 0 Å². The lowest BCUT2D eigenvalue weighted by Crippen LogP contribution is -2.38. The van der Waals surface area contributed by atoms with Gasteiger partial charge in [0.1, 0.15) is 5.41 Å². The van der Waals surface area contributed by atoms with Crippen LogP contribution in [0.15, 0.2) is 54.9 Å². The molecule has 152 valence electrons. The third-order valence-electron chi connectivity index (χ3n) is 5.14. The fourth-order valence-corrected chi connectivity index (χ4v) is 3.54. The first-order valence-corrected chi connectivity index (χ1v) is 10.3. The molecule has 29 heavy (non-hydrogen) atoms. The van der Waals surface area contributed by atoms with Gasteiger partial charge < -0.3 is 4.74 Å². The lowest BCUT2D eigenvalue weighted by atomic mass is 9.80. The number of aromatic nitrogens is 3. The Kier molecular flexibility index (Phi) is 6.81. The maximum absolute atomic E-state index is 13.1. The Balaban J connectivity index is 2.04. The van der Waals surface area contributed by atoms with Crippen LogP contribution >= 0.6 is 0 Å². The van der Waals surface area contributed by atoms with Crippen LogP contribution in [0.2, 0.25) is 0 Å². The van der Waals surface area contributed by atoms with E-state index in [0.29, 0.717) is 13.0 Å². The van der Waals surface area contributed by atoms with E-state index in [9.17, 15) is 4.79 Å². The number of carbonyl (C=O) groups is 1. The van der Waals surface area contributed by atoms with Gasteiger partial charge in [0.25, 0.3) is 0 Å². The molecule has 1 aromatic carbocycles. The molecule has 0 spiro atoms. The van der Waals surface area contributed by atoms with Crippen molar-refractivity contribution in [2.45, 2.75) is 51.9 Å². The summed E-state index contributed by atoms with van der Waals surface area (Å²) >= 11 is 0. The minimum absolute atomic E-state index is 0.258. The second-order valence-electron chi connectivity index (χ2n) is 7.42. The van der Waals surface area contributed by atoms with Crippen molar-refractivity contribution in [3.63, 3.8) is 0 Å². The predicted octanol–water partition coefficient (Wildman–Crippen LogP) is 5.00. The number of carbonyl (C=O) groups excluding carboxylic acids is 1. The number of ether oxygens (including phenoxy) is 1. The fourth-order valence-electron chi connectivity index (χ4n) is 3.54. The second kappa shape index (κ2) is 9.50. The van der Waals surface area contributed by atoms with E-state index in [4.69, 9.17) is 4.74 Å². The van der Waals surface area contributed by atoms with Gasteiger partial charge in [-0.2, -0.15) is 5.10 Å². The summed E-state index contributed by atoms with van der Waals surface area (Å²) in [6.45, 7) is 6.27. The van der Waals surface area contributed by atoms with Gasteiger partial charge in [-0.15, -0.1) is 0 Å². The van der Waals surface area contributed by atoms with Crippen LogP contribution in [0.3, 0.4) is 0 Å². The highest BCUT2D eigenvalue weighted by Crippen LogP contribution is 2.30. The van der Waals surface area contributed by atoms with Crippen LogP contribution in [0, 0.1) is 0 Å². The average molecular weight is 392 g/mol. The molecule has 3 rings (SSSR count). The number of unbranched alkanes of at least 4 members (excludes halogenated alkanes) is 2. The molecule has 2 heterocycles. The molecule has 2 aromatic heterocycles. The van der Waals surface area contributed by atoms with Crippen LogP contribution in [-0.4, -0.2) is 27.2 Å². The van der Waals surface area contributed by atoms with E-state index in [2.05, 4.69) is 29.2 Å². The second-order valence-corrected chi connectivity index (χ2v) is 7.42. The van der Waals surface area contributed by atoms with Crippen molar-refractivity contribution >= 4 is 17.7 Å². The lowest BCUT2D eigenvalue weighted by Gasteiger charge is -2.28. The molecule has 0 aliphatic heterocycles. The molecule has 5 nitrogen and oxygen atoms in total. The average Bonchev–Trinajstić information content (AvgIpc) is 3.15. The van der Waals surface area contributed by atoms with Crippen molar-refractivity contribution in [2.75, 3.05) is 6.61 Å². The Morgan fingerprint density at radius 3 is 2.72 bits per heavy atom. The molecule has 5 heteroatoms. The molecule has 1 atom stereocenters. The minimum Gasteiger partial charge on any atom is -0.465 e. The standard InChI is InChI=1S/C24H29N3O2/c1-4-6-7-11-14-20-18-26-27-21(15-16-25-22(20)27)24(3,23(28)29-5-2)17-19-12-9-8-10-13-19/h8-16,18H,4-7,17H2,1-3H3/b14-11+. The largest absolute Gasteiger partial charge is 0.465 e. The summed E-state index contributed by atoms with van der Waals surface area (Å²) in [6.07, 6.45) is 11.7. The number of esters is 1. The maximum atomic E-state index is 13.1. The molecule has 0 fully saturated rings. The van der Waals surface area contributed by atoms with E-state index in [0.717, 1.165) is 35.3 Å². The first-order valence-electron chi connectivity index (χ1n) is 10.3. The molecule has 0 saturated heterocycles. The third kappa shape index (κ3) is 4.56. The third-order valence-corrected chi connectivity index (χ3v) is 5.14. The fraction of sp³-hybridized carbons (Fsp3) is 0.375. The summed E-state index contributed by atoms with van der Waals surface area (Å²) in [5.74, 6) is -0.258. The lowest BCUT2D eigenvalue weighted by molar-refractivity contribution is -0.149. The van der Waals surface area contributed by atoms with Gasteiger partial charge in [-0.05, 0) is 38.3 Å². The van der Waals surface area contributed by atoms with Gasteiger partial charge in [-0.3, -0.25) is 4.79 Å². The monoisotopic (exact) mass is 391 g/mol. The normalized spacial score (nSPS) is 13.6. The molecule has 0 aliphatic rings. The Labute approximate surface area is 172 Å². The van der Waals surface area contributed by atoms with Crippen LogP contribution in [0.5, 0.6) is 0 Å². The number of hydrogen-bond acceptors (Lipinski definition) is 4. The first kappa shape index (κ1) is 20.8. The molecule has 3 aromatic rings. The van der Waals surface area contributed by atoms with Gasteiger partial charge in [0, 0.05) is 11.8 Å². The van der Waals surface area contributed by atoms with Crippen molar-refractivity contribution < 1.29 is 9.53 Å². The van der Waals surface area contributed by atoms with Gasteiger partial charge in [0.2, 0.25) is 0 Å². The van der Waals surface area contributed by atoms with Crippen molar-refractivity contribution in [3.8, 4) is 0 Å². The van der Waals surface area contributed by atoms with Crippen LogP contribution in [0.1, 0.15) is 56.9 Å². The van der Waals surface area contributed by atoms with Crippen molar-refractivity contribution in [2.24, 2.45) is 0 Å². The van der Waals surface area contributed by atoms with E-state index in [1.807, 2.05) is 56.4 Å². The SMILES string of the molecule is CCCC/C=C/c1cnn2c(C(C)(Cc3ccccc3)C(=O)OCC)ccnc12. The van der Waals surface area contributed by atoms with E-state index < -0.39 is 5.41 Å². The van der Waals surface area contributed by atoms with Crippen molar-refractivity contribution in [1.29, 1.82) is 0 Å². The van der Waals surface area contributed by atoms with Crippen LogP contribution in [0.25, 0.3) is 11.7 Å². The molecular formula is C24H29N3O2. The molecule has 0 amide bonds. The molecular weight excluding hydrogens is 362 g/mol. The van der Waals surface area contributed by atoms with Crippen LogP contribution < -0.4 is 0 Å². The summed E-state index contributed by atoms with van der Waals surface area (Å²) in [4.78, 5) is 17.6. The van der Waals surface area contributed by atoms with Gasteiger partial charge in [0.15, 0.2) is 5.65 Å². The first-order chi connectivity index (χ1) is 14.1. The highest BCUT2D eigenvalue weighted by Gasteiger charge is 2.39. The van der Waals surface area contributed by atoms with E-state index in [1.165, 1.54) is 6.42 Å². The molecule has 0 bridgehead atoms. The van der Waals surface area contributed by atoms with E-state index in [1.54, 1.807) is 10.7 Å². The molecule has 1 unspecified atom stereocenters. The quantitative estimate of drug-likeness (QED) is 0.381. The van der Waals surface area contributed by atoms with Crippen LogP contribution in [0.4, 0.5) is 0 Å². The molecule has 0 N–H and O–H groups in total. The minimum atomic E-state index is -0.881. The zero-order valence-electron chi connectivity index (χ0n) is 17.5. The van der Waals surface area contributed by atoms with Gasteiger partial charge in [-0.1, -0.05) is 62.2 Å². The molecule has 0 radical (unpaired) electrons. The van der Waals surface area contributed by atoms with Crippen molar-refractivity contribution in [3.05, 3.63) is 71.7 Å². The Morgan fingerprint density at radius 2 is 2.00 bits per heavy atom. The smallest absolute Gasteiger partial charge is 0.318 e. The highest BCUT2D eigenvalue weighted by atomic mass is 16.5. The van der Waals surface area contributed by atoms with Gasteiger partial charge >= 0.3 is 5.97 Å². The Hall–Kier alpha value is -2.95. The summed E-state index contributed by atoms with van der Waals surface area (Å²) in [6, 6.07) is 11.9. The number of rotatable bonds is 9. The van der Waals surface area contributed by atoms with Gasteiger partial charge in [0.05, 0.1) is 18.5 Å².